The summed E-state index contributed by atoms with van der Waals surface area (Å²) < 4.78 is 13.5. The molecule has 0 unspecified atom stereocenters. The Balaban J connectivity index is 2.14. The van der Waals surface area contributed by atoms with E-state index >= 15 is 0 Å². The molecule has 96 valence electrons. The van der Waals surface area contributed by atoms with E-state index in [9.17, 15) is 14.0 Å². The van der Waals surface area contributed by atoms with Crippen molar-refractivity contribution in [2.75, 3.05) is 6.54 Å². The third kappa shape index (κ3) is 2.50. The molecule has 0 aliphatic carbocycles. The molecule has 1 heterocycles. The predicted molar refractivity (Wildman–Crippen MR) is 64.4 cm³/mol. The highest BCUT2D eigenvalue weighted by molar-refractivity contribution is 5.96. The molecule has 2 rings (SSSR count). The molecule has 18 heavy (non-hydrogen) atoms. The van der Waals surface area contributed by atoms with Crippen molar-refractivity contribution in [3.05, 3.63) is 34.6 Å². The van der Waals surface area contributed by atoms with Crippen molar-refractivity contribution in [3.63, 3.8) is 0 Å². The molecule has 1 N–H and O–H groups in total. The zero-order chi connectivity index (χ0) is 13.3. The number of nitrogens with one attached hydrogen (secondary N) is 1. The summed E-state index contributed by atoms with van der Waals surface area (Å²) >= 11 is 0. The number of hydrogen-bond donors (Lipinski definition) is 1. The van der Waals surface area contributed by atoms with E-state index in [1.165, 1.54) is 0 Å². The molecule has 1 aromatic carbocycles. The second kappa shape index (κ2) is 4.76. The second-order valence-electron chi connectivity index (χ2n) is 4.57. The molecule has 0 saturated carbocycles. The number of aryl methyl sites for hydroxylation is 2. The van der Waals surface area contributed by atoms with Gasteiger partial charge in [0.2, 0.25) is 5.91 Å². The third-order valence-corrected chi connectivity index (χ3v) is 3.01. The molecule has 1 aliphatic rings. The molecule has 0 atom stereocenters. The van der Waals surface area contributed by atoms with Crippen LogP contribution in [0.3, 0.4) is 0 Å². The van der Waals surface area contributed by atoms with Gasteiger partial charge >= 0.3 is 6.03 Å². The Hall–Kier alpha value is -1.91. The molecule has 1 saturated heterocycles. The highest BCUT2D eigenvalue weighted by Crippen LogP contribution is 2.17. The fourth-order valence-electron chi connectivity index (χ4n) is 2.10. The first-order chi connectivity index (χ1) is 8.47. The lowest BCUT2D eigenvalue weighted by atomic mass is 10.1. The zero-order valence-corrected chi connectivity index (χ0v) is 10.4. The predicted octanol–water partition coefficient (Wildman–Crippen LogP) is 1.88. The number of nitrogens with zero attached hydrogens (tertiary/aromatic N) is 1. The number of hydrogen-bond acceptors (Lipinski definition) is 2. The summed E-state index contributed by atoms with van der Waals surface area (Å²) in [6, 6.07) is 3.07. The summed E-state index contributed by atoms with van der Waals surface area (Å²) in [4.78, 5) is 24.1. The van der Waals surface area contributed by atoms with Crippen LogP contribution in [0.15, 0.2) is 12.1 Å². The highest BCUT2D eigenvalue weighted by atomic mass is 19.1. The van der Waals surface area contributed by atoms with Crippen LogP contribution in [0.4, 0.5) is 9.18 Å². The largest absolute Gasteiger partial charge is 0.324 e. The van der Waals surface area contributed by atoms with Crippen molar-refractivity contribution in [1.82, 2.24) is 10.2 Å². The van der Waals surface area contributed by atoms with E-state index in [0.29, 0.717) is 30.6 Å². The average molecular weight is 250 g/mol. The minimum absolute atomic E-state index is 0.211. The summed E-state index contributed by atoms with van der Waals surface area (Å²) in [5.41, 5.74) is 2.01. The van der Waals surface area contributed by atoms with Gasteiger partial charge in [-0.05, 0) is 30.5 Å². The Morgan fingerprint density at radius 1 is 1.28 bits per heavy atom. The quantitative estimate of drug-likeness (QED) is 0.871. The average Bonchev–Trinajstić information content (AvgIpc) is 2.29. The summed E-state index contributed by atoms with van der Waals surface area (Å²) in [7, 11) is 0. The van der Waals surface area contributed by atoms with Crippen LogP contribution in [-0.2, 0) is 11.3 Å². The van der Waals surface area contributed by atoms with Crippen molar-refractivity contribution in [2.45, 2.75) is 26.8 Å². The van der Waals surface area contributed by atoms with Crippen molar-refractivity contribution < 1.29 is 14.0 Å². The lowest BCUT2D eigenvalue weighted by Crippen LogP contribution is -2.48. The zero-order valence-electron chi connectivity index (χ0n) is 10.4. The van der Waals surface area contributed by atoms with E-state index in [2.05, 4.69) is 5.32 Å². The SMILES string of the molecule is Cc1cc(CN2CCC(=O)NC2=O)cc(C)c1F. The first-order valence-electron chi connectivity index (χ1n) is 5.82. The van der Waals surface area contributed by atoms with Crippen LogP contribution in [0.1, 0.15) is 23.1 Å². The number of carbonyl (C=O) groups is 2. The van der Waals surface area contributed by atoms with Crippen LogP contribution in [0.2, 0.25) is 0 Å². The van der Waals surface area contributed by atoms with Crippen LogP contribution in [-0.4, -0.2) is 23.4 Å². The first-order valence-corrected chi connectivity index (χ1v) is 5.82. The number of imide groups is 1. The van der Waals surface area contributed by atoms with Crippen LogP contribution in [0.5, 0.6) is 0 Å². The van der Waals surface area contributed by atoms with E-state index in [1.807, 2.05) is 0 Å². The molecule has 1 fully saturated rings. The van der Waals surface area contributed by atoms with E-state index in [1.54, 1.807) is 30.9 Å². The summed E-state index contributed by atoms with van der Waals surface area (Å²) in [6.45, 7) is 4.19. The Morgan fingerprint density at radius 2 is 1.89 bits per heavy atom. The molecule has 0 aromatic heterocycles. The van der Waals surface area contributed by atoms with Crippen molar-refractivity contribution in [3.8, 4) is 0 Å². The Morgan fingerprint density at radius 3 is 2.44 bits per heavy atom. The Bertz CT molecular complexity index is 491. The van der Waals surface area contributed by atoms with Crippen LogP contribution in [0, 0.1) is 19.7 Å². The van der Waals surface area contributed by atoms with Crippen LogP contribution in [0.25, 0.3) is 0 Å². The Kier molecular flexibility index (Phi) is 3.32. The normalized spacial score (nSPS) is 15.8. The first kappa shape index (κ1) is 12.5. The molecule has 0 spiro atoms. The minimum Gasteiger partial charge on any atom is -0.320 e. The molecule has 1 aliphatic heterocycles. The molecule has 3 amide bonds. The van der Waals surface area contributed by atoms with E-state index in [-0.39, 0.29) is 17.8 Å². The van der Waals surface area contributed by atoms with Crippen molar-refractivity contribution >= 4 is 11.9 Å². The third-order valence-electron chi connectivity index (χ3n) is 3.01. The fourth-order valence-corrected chi connectivity index (χ4v) is 2.10. The van der Waals surface area contributed by atoms with Gasteiger partial charge in [0.15, 0.2) is 0 Å². The number of carbonyl (C=O) groups excluding carboxylic acids is 2. The van der Waals surface area contributed by atoms with Gasteiger partial charge in [-0.25, -0.2) is 9.18 Å². The minimum atomic E-state index is -0.383. The molecule has 4 nitrogen and oxygen atoms in total. The Labute approximate surface area is 105 Å². The molecule has 5 heteroatoms. The van der Waals surface area contributed by atoms with E-state index < -0.39 is 0 Å². The maximum Gasteiger partial charge on any atom is 0.324 e. The van der Waals surface area contributed by atoms with Gasteiger partial charge < -0.3 is 4.90 Å². The van der Waals surface area contributed by atoms with Gasteiger partial charge in [-0.15, -0.1) is 0 Å². The van der Waals surface area contributed by atoms with Gasteiger partial charge in [0.05, 0.1) is 0 Å². The smallest absolute Gasteiger partial charge is 0.320 e. The summed E-state index contributed by atoms with van der Waals surface area (Å²) in [5.74, 6) is -0.459. The summed E-state index contributed by atoms with van der Waals surface area (Å²) in [6.07, 6.45) is 0.310. The van der Waals surface area contributed by atoms with Gasteiger partial charge in [0.1, 0.15) is 5.82 Å². The standard InChI is InChI=1S/C13H15FN2O2/c1-8-5-10(6-9(2)12(8)14)7-16-4-3-11(17)15-13(16)18/h5-6H,3-4,7H2,1-2H3,(H,15,17,18). The maximum atomic E-state index is 13.5. The number of benzene rings is 1. The van der Waals surface area contributed by atoms with Gasteiger partial charge in [-0.2, -0.15) is 0 Å². The molecular formula is C13H15FN2O2. The molecule has 0 radical (unpaired) electrons. The molecule has 0 bridgehead atoms. The fraction of sp³-hybridized carbons (Fsp3) is 0.385. The van der Waals surface area contributed by atoms with E-state index in [4.69, 9.17) is 0 Å². The summed E-state index contributed by atoms with van der Waals surface area (Å²) in [5, 5.41) is 2.26. The van der Waals surface area contributed by atoms with Crippen LogP contribution < -0.4 is 5.32 Å². The molecular weight excluding hydrogens is 235 g/mol. The molecule has 1 aromatic rings. The van der Waals surface area contributed by atoms with Crippen molar-refractivity contribution in [2.24, 2.45) is 0 Å². The number of urea groups is 1. The topological polar surface area (TPSA) is 49.4 Å². The van der Waals surface area contributed by atoms with E-state index in [0.717, 1.165) is 5.56 Å². The number of rotatable bonds is 2. The lowest BCUT2D eigenvalue weighted by molar-refractivity contribution is -0.121. The van der Waals surface area contributed by atoms with Crippen LogP contribution >= 0.6 is 0 Å². The second-order valence-corrected chi connectivity index (χ2v) is 4.57. The number of amides is 3. The maximum absolute atomic E-state index is 13.5. The highest BCUT2D eigenvalue weighted by Gasteiger charge is 2.23. The van der Waals surface area contributed by atoms with Crippen molar-refractivity contribution in [1.29, 1.82) is 0 Å². The van der Waals surface area contributed by atoms with Gasteiger partial charge in [0, 0.05) is 19.5 Å². The monoisotopic (exact) mass is 250 g/mol. The van der Waals surface area contributed by atoms with Gasteiger partial charge in [-0.3, -0.25) is 10.1 Å². The number of halogens is 1. The lowest BCUT2D eigenvalue weighted by Gasteiger charge is -2.26. The van der Waals surface area contributed by atoms with Gasteiger partial charge in [-0.1, -0.05) is 12.1 Å². The van der Waals surface area contributed by atoms with Gasteiger partial charge in [0.25, 0.3) is 0 Å².